The van der Waals surface area contributed by atoms with Crippen LogP contribution in [0.25, 0.3) is 0 Å². The van der Waals surface area contributed by atoms with Crippen LogP contribution >= 0.6 is 0 Å². The molecule has 0 saturated carbocycles. The largest absolute Gasteiger partial charge is 0.492 e. The Morgan fingerprint density at radius 3 is 2.83 bits per heavy atom. The summed E-state index contributed by atoms with van der Waals surface area (Å²) in [7, 11) is 0. The maximum atomic E-state index is 5.59. The summed E-state index contributed by atoms with van der Waals surface area (Å²) in [6.45, 7) is 8.40. The first-order valence-electron chi connectivity index (χ1n) is 7.06. The van der Waals surface area contributed by atoms with Crippen molar-refractivity contribution in [2.75, 3.05) is 13.2 Å². The summed E-state index contributed by atoms with van der Waals surface area (Å²) < 4.78 is 5.59. The van der Waals surface area contributed by atoms with Crippen LogP contribution in [-0.4, -0.2) is 24.2 Å². The molecule has 0 aliphatic rings. The van der Waals surface area contributed by atoms with Crippen molar-refractivity contribution < 1.29 is 4.74 Å². The van der Waals surface area contributed by atoms with Gasteiger partial charge in [0.1, 0.15) is 5.75 Å². The Balaban J connectivity index is 2.37. The minimum atomic E-state index is 0.560. The van der Waals surface area contributed by atoms with Crippen molar-refractivity contribution in [1.82, 2.24) is 10.3 Å². The highest BCUT2D eigenvalue weighted by Crippen LogP contribution is 2.13. The Bertz CT molecular complexity index is 328. The molecule has 0 amide bonds. The number of pyridine rings is 1. The van der Waals surface area contributed by atoms with Crippen molar-refractivity contribution in [2.45, 2.75) is 52.5 Å². The van der Waals surface area contributed by atoms with E-state index in [0.29, 0.717) is 6.04 Å². The molecule has 1 heterocycles. The van der Waals surface area contributed by atoms with Gasteiger partial charge in [0.05, 0.1) is 12.8 Å². The van der Waals surface area contributed by atoms with Crippen LogP contribution in [0, 0.1) is 0 Å². The smallest absolute Gasteiger partial charge is 0.137 e. The van der Waals surface area contributed by atoms with E-state index in [9.17, 15) is 0 Å². The van der Waals surface area contributed by atoms with Gasteiger partial charge in [0, 0.05) is 12.2 Å². The number of hydrogen-bond donors (Lipinski definition) is 1. The first-order chi connectivity index (χ1) is 8.76. The normalized spacial score (nSPS) is 12.4. The van der Waals surface area contributed by atoms with E-state index >= 15 is 0 Å². The minimum Gasteiger partial charge on any atom is -0.492 e. The van der Waals surface area contributed by atoms with Crippen LogP contribution in [0.2, 0.25) is 0 Å². The molecule has 0 aromatic carbocycles. The molecule has 0 spiro atoms. The molecule has 0 fully saturated rings. The number of nitrogens with one attached hydrogen (secondary N) is 1. The molecule has 1 rings (SSSR count). The van der Waals surface area contributed by atoms with Crippen molar-refractivity contribution in [1.29, 1.82) is 0 Å². The van der Waals surface area contributed by atoms with Gasteiger partial charge in [-0.15, -0.1) is 0 Å². The summed E-state index contributed by atoms with van der Waals surface area (Å²) in [5.41, 5.74) is 1.26. The molecule has 0 aliphatic carbocycles. The van der Waals surface area contributed by atoms with E-state index < -0.39 is 0 Å². The lowest BCUT2D eigenvalue weighted by atomic mass is 10.1. The van der Waals surface area contributed by atoms with Gasteiger partial charge < -0.3 is 10.1 Å². The van der Waals surface area contributed by atoms with Crippen molar-refractivity contribution in [3.63, 3.8) is 0 Å². The summed E-state index contributed by atoms with van der Waals surface area (Å²) in [5, 5.41) is 3.50. The van der Waals surface area contributed by atoms with Gasteiger partial charge in [0.25, 0.3) is 0 Å². The van der Waals surface area contributed by atoms with E-state index in [2.05, 4.69) is 37.1 Å². The fourth-order valence-electron chi connectivity index (χ4n) is 1.78. The highest BCUT2D eigenvalue weighted by atomic mass is 16.5. The average molecular weight is 250 g/mol. The molecule has 102 valence electrons. The standard InChI is InChI=1S/C15H26N2O/c1-4-8-17-13(3)6-7-14-10-15(12-16-11-14)18-9-5-2/h10-13,17H,4-9H2,1-3H3. The third kappa shape index (κ3) is 6.01. The van der Waals surface area contributed by atoms with Gasteiger partial charge in [0.15, 0.2) is 0 Å². The van der Waals surface area contributed by atoms with E-state index in [1.165, 1.54) is 12.0 Å². The molecule has 0 bridgehead atoms. The van der Waals surface area contributed by atoms with E-state index in [4.69, 9.17) is 4.74 Å². The Kier molecular flexibility index (Phi) is 7.42. The van der Waals surface area contributed by atoms with Crippen LogP contribution < -0.4 is 10.1 Å². The summed E-state index contributed by atoms with van der Waals surface area (Å²) in [4.78, 5) is 4.23. The molecule has 0 saturated heterocycles. The molecule has 0 aliphatic heterocycles. The zero-order chi connectivity index (χ0) is 13.2. The van der Waals surface area contributed by atoms with Gasteiger partial charge in [-0.05, 0) is 50.8 Å². The highest BCUT2D eigenvalue weighted by Gasteiger charge is 2.03. The number of hydrogen-bond acceptors (Lipinski definition) is 3. The van der Waals surface area contributed by atoms with Crippen molar-refractivity contribution in [3.05, 3.63) is 24.0 Å². The van der Waals surface area contributed by atoms with Gasteiger partial charge in [0.2, 0.25) is 0 Å². The number of nitrogens with zero attached hydrogens (tertiary/aromatic N) is 1. The van der Waals surface area contributed by atoms with E-state index in [0.717, 1.165) is 38.2 Å². The molecule has 1 unspecified atom stereocenters. The fourth-order valence-corrected chi connectivity index (χ4v) is 1.78. The maximum absolute atomic E-state index is 5.59. The molecule has 3 heteroatoms. The average Bonchev–Trinajstić information content (AvgIpc) is 2.41. The van der Waals surface area contributed by atoms with Crippen molar-refractivity contribution >= 4 is 0 Å². The number of ether oxygens (including phenoxy) is 1. The molecule has 1 aromatic rings. The second-order valence-corrected chi connectivity index (χ2v) is 4.77. The third-order valence-corrected chi connectivity index (χ3v) is 2.85. The second kappa shape index (κ2) is 8.92. The number of rotatable bonds is 9. The molecular weight excluding hydrogens is 224 g/mol. The number of aromatic nitrogens is 1. The highest BCUT2D eigenvalue weighted by molar-refractivity contribution is 5.23. The second-order valence-electron chi connectivity index (χ2n) is 4.77. The Morgan fingerprint density at radius 2 is 2.11 bits per heavy atom. The monoisotopic (exact) mass is 250 g/mol. The van der Waals surface area contributed by atoms with Crippen LogP contribution in [0.15, 0.2) is 18.5 Å². The Morgan fingerprint density at radius 1 is 1.28 bits per heavy atom. The quantitative estimate of drug-likeness (QED) is 0.731. The SMILES string of the molecule is CCCNC(C)CCc1cncc(OCCC)c1. The topological polar surface area (TPSA) is 34.2 Å². The Hall–Kier alpha value is -1.09. The molecule has 3 nitrogen and oxygen atoms in total. The first kappa shape index (κ1) is 15.0. The van der Waals surface area contributed by atoms with Crippen LogP contribution in [0.3, 0.4) is 0 Å². The molecule has 18 heavy (non-hydrogen) atoms. The van der Waals surface area contributed by atoms with E-state index in [-0.39, 0.29) is 0 Å². The molecule has 1 N–H and O–H groups in total. The lowest BCUT2D eigenvalue weighted by molar-refractivity contribution is 0.316. The van der Waals surface area contributed by atoms with E-state index in [1.807, 2.05) is 6.20 Å². The molecule has 1 aromatic heterocycles. The first-order valence-corrected chi connectivity index (χ1v) is 7.06. The van der Waals surface area contributed by atoms with Crippen LogP contribution in [-0.2, 0) is 6.42 Å². The van der Waals surface area contributed by atoms with Gasteiger partial charge in [-0.25, -0.2) is 0 Å². The third-order valence-electron chi connectivity index (χ3n) is 2.85. The molecule has 0 radical (unpaired) electrons. The van der Waals surface area contributed by atoms with Crippen molar-refractivity contribution in [2.24, 2.45) is 0 Å². The van der Waals surface area contributed by atoms with Gasteiger partial charge in [-0.2, -0.15) is 0 Å². The minimum absolute atomic E-state index is 0.560. The summed E-state index contributed by atoms with van der Waals surface area (Å²) in [6, 6.07) is 2.67. The van der Waals surface area contributed by atoms with Crippen LogP contribution in [0.1, 0.15) is 45.6 Å². The summed E-state index contributed by atoms with van der Waals surface area (Å²) in [5.74, 6) is 0.892. The summed E-state index contributed by atoms with van der Waals surface area (Å²) >= 11 is 0. The maximum Gasteiger partial charge on any atom is 0.137 e. The molecular formula is C15H26N2O. The lowest BCUT2D eigenvalue weighted by Gasteiger charge is -2.13. The van der Waals surface area contributed by atoms with Crippen molar-refractivity contribution in [3.8, 4) is 5.75 Å². The van der Waals surface area contributed by atoms with Gasteiger partial charge in [-0.3, -0.25) is 4.98 Å². The zero-order valence-electron chi connectivity index (χ0n) is 11.9. The number of aryl methyl sites for hydroxylation is 1. The Labute approximate surface area is 111 Å². The van der Waals surface area contributed by atoms with E-state index in [1.54, 1.807) is 6.20 Å². The fraction of sp³-hybridized carbons (Fsp3) is 0.667. The summed E-state index contributed by atoms with van der Waals surface area (Å²) in [6.07, 6.45) is 8.13. The lowest BCUT2D eigenvalue weighted by Crippen LogP contribution is -2.27. The predicted molar refractivity (Wildman–Crippen MR) is 76.1 cm³/mol. The van der Waals surface area contributed by atoms with Crippen LogP contribution in [0.4, 0.5) is 0 Å². The zero-order valence-corrected chi connectivity index (χ0v) is 11.9. The van der Waals surface area contributed by atoms with Gasteiger partial charge >= 0.3 is 0 Å². The predicted octanol–water partition coefficient (Wildman–Crippen LogP) is 3.19. The molecule has 1 atom stereocenters. The van der Waals surface area contributed by atoms with Crippen LogP contribution in [0.5, 0.6) is 5.75 Å². The van der Waals surface area contributed by atoms with Gasteiger partial charge in [-0.1, -0.05) is 13.8 Å².